The number of aromatic amines is 1. The van der Waals surface area contributed by atoms with E-state index in [9.17, 15) is 0 Å². The second kappa shape index (κ2) is 12.7. The van der Waals surface area contributed by atoms with Gasteiger partial charge in [-0.2, -0.15) is 0 Å². The summed E-state index contributed by atoms with van der Waals surface area (Å²) in [5, 5.41) is 9.26. The molecule has 0 bridgehead atoms. The fourth-order valence-corrected chi connectivity index (χ4v) is 14.7. The highest BCUT2D eigenvalue weighted by Crippen LogP contribution is 2.55. The number of nitrogens with one attached hydrogen (secondary N) is 1. The van der Waals surface area contributed by atoms with Gasteiger partial charge in [-0.25, -0.2) is 0 Å². The molecule has 3 aliphatic rings. The number of thiophene rings is 2. The Morgan fingerprint density at radius 2 is 1.17 bits per heavy atom. The van der Waals surface area contributed by atoms with Gasteiger partial charge in [-0.1, -0.05) is 128 Å². The number of fused-ring (bicyclic) bond motifs is 15. The van der Waals surface area contributed by atoms with E-state index >= 15 is 0 Å². The highest BCUT2D eigenvalue weighted by Gasteiger charge is 2.42. The Bertz CT molecular complexity index is 3630. The second-order valence-electron chi connectivity index (χ2n) is 21.8. The van der Waals surface area contributed by atoms with Gasteiger partial charge in [-0.3, -0.25) is 0 Å². The van der Waals surface area contributed by atoms with E-state index in [4.69, 9.17) is 0 Å². The van der Waals surface area contributed by atoms with Crippen molar-refractivity contribution in [1.82, 2.24) is 4.98 Å². The van der Waals surface area contributed by atoms with Crippen LogP contribution in [0.25, 0.3) is 74.0 Å². The molecular weight excluding hydrogens is 800 g/mol. The maximum atomic E-state index is 4.00. The second-order valence-corrected chi connectivity index (χ2v) is 24.0. The van der Waals surface area contributed by atoms with Gasteiger partial charge in [-0.15, -0.1) is 22.7 Å². The van der Waals surface area contributed by atoms with Gasteiger partial charge < -0.3 is 9.88 Å². The number of rotatable bonds is 2. The topological polar surface area (TPSA) is 19.0 Å². The maximum Gasteiger partial charge on any atom is 0.211 e. The van der Waals surface area contributed by atoms with Crippen molar-refractivity contribution < 1.29 is 0 Å². The van der Waals surface area contributed by atoms with Crippen LogP contribution >= 0.6 is 22.7 Å². The summed E-state index contributed by atoms with van der Waals surface area (Å²) in [6.07, 6.45) is 4.81. The number of hydrogen-bond donors (Lipinski definition) is 1. The third kappa shape index (κ3) is 5.30. The summed E-state index contributed by atoms with van der Waals surface area (Å²) in [5.41, 5.74) is 17.0. The van der Waals surface area contributed by atoms with E-state index in [2.05, 4.69) is 181 Å². The Labute approximate surface area is 379 Å². The number of benzene rings is 7. The molecule has 0 fully saturated rings. The van der Waals surface area contributed by atoms with Crippen LogP contribution < -0.4 is 15.1 Å². The predicted octanol–water partition coefficient (Wildman–Crippen LogP) is 15.6. The van der Waals surface area contributed by atoms with E-state index in [0.717, 1.165) is 7.28 Å². The third-order valence-electron chi connectivity index (χ3n) is 16.1. The molecule has 0 radical (unpaired) electrons. The van der Waals surface area contributed by atoms with Gasteiger partial charge in [0.05, 0.1) is 21.6 Å². The summed E-state index contributed by atoms with van der Waals surface area (Å²) in [5.74, 6) is 0. The fraction of sp³-hybridized carbons (Fsp3) is 0.276. The Kier molecular flexibility index (Phi) is 7.67. The molecule has 0 saturated carbocycles. The predicted molar refractivity (Wildman–Crippen MR) is 279 cm³/mol. The first-order valence-corrected chi connectivity index (χ1v) is 24.8. The monoisotopic (exact) mass is 852 g/mol. The minimum Gasteiger partial charge on any atom is -0.354 e. The molecule has 7 aromatic carbocycles. The lowest BCUT2D eigenvalue weighted by molar-refractivity contribution is 0.332. The third-order valence-corrected chi connectivity index (χ3v) is 18.5. The van der Waals surface area contributed by atoms with E-state index in [0.29, 0.717) is 0 Å². The molecule has 310 valence electrons. The largest absolute Gasteiger partial charge is 0.354 e. The van der Waals surface area contributed by atoms with Crippen molar-refractivity contribution in [3.8, 4) is 11.1 Å². The summed E-state index contributed by atoms with van der Waals surface area (Å²) >= 11 is 4.02. The lowest BCUT2D eigenvalue weighted by Gasteiger charge is -2.43. The van der Waals surface area contributed by atoms with Crippen molar-refractivity contribution in [3.05, 3.63) is 138 Å². The SMILES string of the molecule is CC1(C)CCC(C)(C)c2cc(N3c4c(sc5cc6c(cc45)C(C)(C)CCC6(C)C)Bc4c(-c5cccc6c5[nH]c5ccc7ccccc7c56)cc5c(sc6ccccc65)c43)ccc21. The van der Waals surface area contributed by atoms with Crippen molar-refractivity contribution >= 4 is 120 Å². The van der Waals surface area contributed by atoms with Crippen molar-refractivity contribution in [2.75, 3.05) is 4.90 Å². The zero-order valence-electron chi connectivity index (χ0n) is 37.8. The zero-order valence-corrected chi connectivity index (χ0v) is 39.4. The molecule has 3 aromatic heterocycles. The summed E-state index contributed by atoms with van der Waals surface area (Å²) < 4.78 is 5.60. The molecular formula is C58H53BN2S2. The van der Waals surface area contributed by atoms with Crippen LogP contribution in [0.15, 0.2) is 115 Å². The molecule has 0 unspecified atom stereocenters. The minimum absolute atomic E-state index is 0.0813. The normalized spacial score (nSPS) is 18.2. The smallest absolute Gasteiger partial charge is 0.211 e. The molecule has 2 aliphatic carbocycles. The lowest BCUT2D eigenvalue weighted by Crippen LogP contribution is -2.40. The Balaban J connectivity index is 1.17. The summed E-state index contributed by atoms with van der Waals surface area (Å²) in [7, 11) is 0.889. The van der Waals surface area contributed by atoms with Crippen molar-refractivity contribution in [3.63, 3.8) is 0 Å². The van der Waals surface area contributed by atoms with Gasteiger partial charge >= 0.3 is 0 Å². The molecule has 5 heteroatoms. The van der Waals surface area contributed by atoms with Crippen LogP contribution in [0, 0.1) is 0 Å². The van der Waals surface area contributed by atoms with Crippen LogP contribution in [0.1, 0.15) is 103 Å². The number of H-pyrrole nitrogens is 1. The van der Waals surface area contributed by atoms with Crippen LogP contribution in [-0.4, -0.2) is 12.3 Å². The number of para-hydroxylation sites is 1. The first kappa shape index (κ1) is 38.1. The van der Waals surface area contributed by atoms with Gasteiger partial charge in [0.15, 0.2) is 0 Å². The summed E-state index contributed by atoms with van der Waals surface area (Å²) in [6.45, 7) is 19.8. The van der Waals surface area contributed by atoms with Gasteiger partial charge in [-0.05, 0) is 139 Å². The lowest BCUT2D eigenvalue weighted by atomic mass is 9.61. The van der Waals surface area contributed by atoms with E-state index in [1.807, 2.05) is 22.7 Å². The minimum atomic E-state index is 0.0813. The van der Waals surface area contributed by atoms with E-state index in [-0.39, 0.29) is 21.7 Å². The zero-order chi connectivity index (χ0) is 42.9. The average Bonchev–Trinajstić information content (AvgIpc) is 3.96. The Morgan fingerprint density at radius 1 is 0.508 bits per heavy atom. The Hall–Kier alpha value is -5.36. The van der Waals surface area contributed by atoms with E-state index in [1.54, 1.807) is 0 Å². The van der Waals surface area contributed by atoms with Gasteiger partial charge in [0.2, 0.25) is 7.28 Å². The molecule has 10 aromatic rings. The quantitative estimate of drug-likeness (QED) is 0.172. The molecule has 0 spiro atoms. The maximum absolute atomic E-state index is 4.00. The number of aromatic nitrogens is 1. The molecule has 2 nitrogen and oxygen atoms in total. The molecule has 0 atom stereocenters. The van der Waals surface area contributed by atoms with Crippen LogP contribution in [-0.2, 0) is 21.7 Å². The van der Waals surface area contributed by atoms with Gasteiger partial charge in [0.25, 0.3) is 0 Å². The van der Waals surface area contributed by atoms with Gasteiger partial charge in [0.1, 0.15) is 0 Å². The van der Waals surface area contributed by atoms with E-state index in [1.165, 1.54) is 149 Å². The molecule has 4 heterocycles. The molecule has 1 N–H and O–H groups in total. The molecule has 0 amide bonds. The Morgan fingerprint density at radius 3 is 1.95 bits per heavy atom. The summed E-state index contributed by atoms with van der Waals surface area (Å²) in [6, 6.07) is 44.9. The standard InChI is InChI=1S/C58H53BN2S2/c1-55(2)24-25-56(3,4)42-28-33(21-22-41(42)55)61-51-40-30-43-44(58(7,8)27-26-57(43,5)6)31-47(40)63-54(51)59-49-38(29-39-35-16-11-12-19-46(35)62-53(39)52(49)61)36-17-13-18-37-48-34-15-10-9-14-32(34)20-23-45(48)60-50(36)37/h9-23,28-31,59-60H,24-27H2,1-8H3. The molecule has 13 rings (SSSR count). The van der Waals surface area contributed by atoms with E-state index < -0.39 is 0 Å². The van der Waals surface area contributed by atoms with Crippen LogP contribution in [0.2, 0.25) is 0 Å². The van der Waals surface area contributed by atoms with Crippen LogP contribution in [0.4, 0.5) is 17.1 Å². The summed E-state index contributed by atoms with van der Waals surface area (Å²) in [4.78, 5) is 6.76. The number of anilines is 3. The number of hydrogen-bond acceptors (Lipinski definition) is 3. The highest BCUT2D eigenvalue weighted by molar-refractivity contribution is 7.30. The van der Waals surface area contributed by atoms with Gasteiger partial charge in [0, 0.05) is 53.1 Å². The molecule has 0 saturated heterocycles. The van der Waals surface area contributed by atoms with Crippen molar-refractivity contribution in [1.29, 1.82) is 0 Å². The molecule has 1 aliphatic heterocycles. The van der Waals surface area contributed by atoms with Crippen LogP contribution in [0.3, 0.4) is 0 Å². The fourth-order valence-electron chi connectivity index (χ4n) is 12.3. The first-order valence-electron chi connectivity index (χ1n) is 23.1. The molecule has 63 heavy (non-hydrogen) atoms. The van der Waals surface area contributed by atoms with Crippen LogP contribution in [0.5, 0.6) is 0 Å². The highest BCUT2D eigenvalue weighted by atomic mass is 32.1. The average molecular weight is 853 g/mol. The van der Waals surface area contributed by atoms with Crippen molar-refractivity contribution in [2.45, 2.75) is 103 Å². The first-order chi connectivity index (χ1) is 30.2. The number of nitrogens with zero attached hydrogens (tertiary/aromatic N) is 1. The van der Waals surface area contributed by atoms with Crippen molar-refractivity contribution in [2.24, 2.45) is 0 Å².